The van der Waals surface area contributed by atoms with Crippen molar-refractivity contribution in [3.05, 3.63) is 66.5 Å². The maximum atomic E-state index is 5.35. The number of aliphatic imine (C=N–C) groups is 1. The number of aromatic nitrogens is 1. The Kier molecular flexibility index (Phi) is 5.79. The van der Waals surface area contributed by atoms with Crippen molar-refractivity contribution in [2.45, 2.75) is 6.54 Å². The maximum absolute atomic E-state index is 5.35. The number of rotatable bonds is 4. The molecule has 2 aromatic carbocycles. The predicted octanol–water partition coefficient (Wildman–Crippen LogP) is 3.14. The van der Waals surface area contributed by atoms with Crippen LogP contribution in [0.5, 0.6) is 5.75 Å². The van der Waals surface area contributed by atoms with Gasteiger partial charge in [-0.2, -0.15) is 0 Å². The van der Waals surface area contributed by atoms with Crippen molar-refractivity contribution in [2.75, 3.05) is 45.2 Å². The highest BCUT2D eigenvalue weighted by atomic mass is 16.5. The Bertz CT molecular complexity index is 990. The molecule has 0 saturated carbocycles. The highest BCUT2D eigenvalue weighted by Gasteiger charge is 2.20. The Morgan fingerprint density at radius 1 is 1.07 bits per heavy atom. The molecule has 3 aromatic rings. The average molecular weight is 390 g/mol. The van der Waals surface area contributed by atoms with Crippen molar-refractivity contribution in [1.82, 2.24) is 15.2 Å². The fraction of sp³-hybridized carbons (Fsp3) is 0.304. The summed E-state index contributed by atoms with van der Waals surface area (Å²) in [6, 6.07) is 18.6. The molecule has 1 aromatic heterocycles. The van der Waals surface area contributed by atoms with Crippen molar-refractivity contribution in [3.63, 3.8) is 0 Å². The predicted molar refractivity (Wildman–Crippen MR) is 119 cm³/mol. The third-order valence-corrected chi connectivity index (χ3v) is 5.38. The Hall–Kier alpha value is -3.28. The van der Waals surface area contributed by atoms with Gasteiger partial charge in [-0.05, 0) is 23.6 Å². The number of fused-ring (bicyclic) bond motifs is 1. The first-order valence-electron chi connectivity index (χ1n) is 9.95. The number of methoxy groups -OCH3 is 1. The fourth-order valence-electron chi connectivity index (χ4n) is 3.80. The molecule has 4 rings (SSSR count). The van der Waals surface area contributed by atoms with Crippen LogP contribution in [0.2, 0.25) is 0 Å². The van der Waals surface area contributed by atoms with Crippen LogP contribution in [0.1, 0.15) is 5.69 Å². The molecule has 1 aliphatic rings. The van der Waals surface area contributed by atoms with Gasteiger partial charge in [0.1, 0.15) is 5.75 Å². The number of anilines is 1. The summed E-state index contributed by atoms with van der Waals surface area (Å²) in [5, 5.41) is 5.89. The molecule has 0 spiro atoms. The van der Waals surface area contributed by atoms with Gasteiger partial charge in [-0.25, -0.2) is 0 Å². The number of nitrogens with one attached hydrogen (secondary N) is 1. The van der Waals surface area contributed by atoms with Crippen LogP contribution in [0.25, 0.3) is 10.8 Å². The SMILES string of the molecule is CN=C(NCc1nccc2ccccc12)N1CCN(c2cccc(OC)c2)CC1. The summed E-state index contributed by atoms with van der Waals surface area (Å²) in [4.78, 5) is 13.8. The molecule has 0 bridgehead atoms. The smallest absolute Gasteiger partial charge is 0.194 e. The molecule has 0 atom stereocenters. The van der Waals surface area contributed by atoms with Crippen molar-refractivity contribution in [2.24, 2.45) is 4.99 Å². The number of piperazine rings is 1. The van der Waals surface area contributed by atoms with Gasteiger partial charge in [0, 0.05) is 56.6 Å². The molecule has 6 heteroatoms. The van der Waals surface area contributed by atoms with Gasteiger partial charge in [-0.15, -0.1) is 0 Å². The lowest BCUT2D eigenvalue weighted by Gasteiger charge is -2.37. The van der Waals surface area contributed by atoms with Crippen molar-refractivity contribution < 1.29 is 4.74 Å². The molecular formula is C23H27N5O. The molecule has 0 radical (unpaired) electrons. The number of guanidine groups is 1. The van der Waals surface area contributed by atoms with E-state index < -0.39 is 0 Å². The third kappa shape index (κ3) is 4.26. The average Bonchev–Trinajstić information content (AvgIpc) is 2.80. The number of benzene rings is 2. The van der Waals surface area contributed by atoms with Crippen LogP contribution in [-0.4, -0.2) is 56.2 Å². The van der Waals surface area contributed by atoms with Gasteiger partial charge in [-0.3, -0.25) is 9.98 Å². The number of hydrogen-bond donors (Lipinski definition) is 1. The van der Waals surface area contributed by atoms with Gasteiger partial charge in [0.05, 0.1) is 19.3 Å². The van der Waals surface area contributed by atoms with Gasteiger partial charge < -0.3 is 19.9 Å². The molecular weight excluding hydrogens is 362 g/mol. The highest BCUT2D eigenvalue weighted by molar-refractivity contribution is 5.85. The minimum Gasteiger partial charge on any atom is -0.497 e. The molecule has 29 heavy (non-hydrogen) atoms. The zero-order valence-electron chi connectivity index (χ0n) is 17.0. The molecule has 1 N–H and O–H groups in total. The van der Waals surface area contributed by atoms with Crippen molar-refractivity contribution in [1.29, 1.82) is 0 Å². The second kappa shape index (κ2) is 8.82. The lowest BCUT2D eigenvalue weighted by molar-refractivity contribution is 0.371. The van der Waals surface area contributed by atoms with Crippen LogP contribution in [0.15, 0.2) is 65.8 Å². The standard InChI is InChI=1S/C23H27N5O/c1-24-23(26-17-22-21-9-4-3-6-18(21)10-11-25-22)28-14-12-27(13-15-28)19-7-5-8-20(16-19)29-2/h3-11,16H,12-15,17H2,1-2H3,(H,24,26). The summed E-state index contributed by atoms with van der Waals surface area (Å²) in [5.41, 5.74) is 2.24. The molecule has 1 aliphatic heterocycles. The van der Waals surface area contributed by atoms with E-state index in [1.54, 1.807) is 7.11 Å². The van der Waals surface area contributed by atoms with Crippen LogP contribution >= 0.6 is 0 Å². The van der Waals surface area contributed by atoms with Gasteiger partial charge in [0.25, 0.3) is 0 Å². The van der Waals surface area contributed by atoms with E-state index in [-0.39, 0.29) is 0 Å². The molecule has 2 heterocycles. The summed E-state index contributed by atoms with van der Waals surface area (Å²) >= 11 is 0. The Morgan fingerprint density at radius 3 is 2.69 bits per heavy atom. The zero-order chi connectivity index (χ0) is 20.1. The minimum atomic E-state index is 0.657. The zero-order valence-corrected chi connectivity index (χ0v) is 17.0. The minimum absolute atomic E-state index is 0.657. The topological polar surface area (TPSA) is 53.0 Å². The summed E-state index contributed by atoms with van der Waals surface area (Å²) in [7, 11) is 3.55. The maximum Gasteiger partial charge on any atom is 0.194 e. The number of nitrogens with zero attached hydrogens (tertiary/aromatic N) is 4. The van der Waals surface area contributed by atoms with Crippen LogP contribution in [-0.2, 0) is 6.54 Å². The van der Waals surface area contributed by atoms with Gasteiger partial charge in [0.2, 0.25) is 0 Å². The molecule has 0 unspecified atom stereocenters. The Morgan fingerprint density at radius 2 is 1.90 bits per heavy atom. The quantitative estimate of drug-likeness (QED) is 0.549. The molecule has 6 nitrogen and oxygen atoms in total. The Balaban J connectivity index is 1.38. The van der Waals surface area contributed by atoms with Gasteiger partial charge in [-0.1, -0.05) is 30.3 Å². The first-order chi connectivity index (χ1) is 14.3. The normalized spacial score (nSPS) is 14.9. The summed E-state index contributed by atoms with van der Waals surface area (Å²) in [6.07, 6.45) is 1.87. The molecule has 0 amide bonds. The van der Waals surface area contributed by atoms with Crippen LogP contribution < -0.4 is 15.0 Å². The van der Waals surface area contributed by atoms with Crippen LogP contribution in [0.3, 0.4) is 0 Å². The summed E-state index contributed by atoms with van der Waals surface area (Å²) < 4.78 is 5.35. The van der Waals surface area contributed by atoms with E-state index in [1.165, 1.54) is 16.5 Å². The van der Waals surface area contributed by atoms with Crippen molar-refractivity contribution >= 4 is 22.4 Å². The monoisotopic (exact) mass is 389 g/mol. The van der Waals surface area contributed by atoms with Gasteiger partial charge >= 0.3 is 0 Å². The molecule has 150 valence electrons. The fourth-order valence-corrected chi connectivity index (χ4v) is 3.80. The highest BCUT2D eigenvalue weighted by Crippen LogP contribution is 2.22. The van der Waals surface area contributed by atoms with E-state index in [0.717, 1.165) is 43.6 Å². The first-order valence-corrected chi connectivity index (χ1v) is 9.95. The number of ether oxygens (including phenoxy) is 1. The Labute approximate surface area is 171 Å². The van der Waals surface area contributed by atoms with E-state index in [0.29, 0.717) is 6.54 Å². The van der Waals surface area contributed by atoms with E-state index in [4.69, 9.17) is 4.74 Å². The summed E-state index contributed by atoms with van der Waals surface area (Å²) in [6.45, 7) is 4.38. The summed E-state index contributed by atoms with van der Waals surface area (Å²) in [5.74, 6) is 1.81. The molecule has 0 aliphatic carbocycles. The molecule has 1 saturated heterocycles. The second-order valence-corrected chi connectivity index (χ2v) is 7.06. The largest absolute Gasteiger partial charge is 0.497 e. The van der Waals surface area contributed by atoms with Crippen LogP contribution in [0, 0.1) is 0 Å². The lowest BCUT2D eigenvalue weighted by atomic mass is 10.1. The van der Waals surface area contributed by atoms with E-state index in [1.807, 2.05) is 31.4 Å². The van der Waals surface area contributed by atoms with E-state index in [9.17, 15) is 0 Å². The van der Waals surface area contributed by atoms with E-state index in [2.05, 4.69) is 61.5 Å². The van der Waals surface area contributed by atoms with Crippen molar-refractivity contribution in [3.8, 4) is 5.75 Å². The van der Waals surface area contributed by atoms with E-state index >= 15 is 0 Å². The third-order valence-electron chi connectivity index (χ3n) is 5.38. The van der Waals surface area contributed by atoms with Gasteiger partial charge in [0.15, 0.2) is 5.96 Å². The number of hydrogen-bond acceptors (Lipinski definition) is 4. The van der Waals surface area contributed by atoms with Crippen LogP contribution in [0.4, 0.5) is 5.69 Å². The first kappa shape index (κ1) is 19.1. The second-order valence-electron chi connectivity index (χ2n) is 7.06. The lowest BCUT2D eigenvalue weighted by Crippen LogP contribution is -2.52. The molecule has 1 fully saturated rings. The number of pyridine rings is 1.